The van der Waals surface area contributed by atoms with Crippen LogP contribution in [0.25, 0.3) is 10.8 Å². The van der Waals surface area contributed by atoms with Gasteiger partial charge in [0.2, 0.25) is 0 Å². The highest BCUT2D eigenvalue weighted by atomic mass is 32.1. The van der Waals surface area contributed by atoms with Crippen molar-refractivity contribution in [3.63, 3.8) is 0 Å². The van der Waals surface area contributed by atoms with Crippen molar-refractivity contribution in [3.05, 3.63) is 33.8 Å². The molecule has 3 aromatic rings. The first kappa shape index (κ1) is 11.8. The number of aromatic nitrogens is 6. The van der Waals surface area contributed by atoms with Crippen molar-refractivity contribution in [2.75, 3.05) is 0 Å². The summed E-state index contributed by atoms with van der Waals surface area (Å²) in [5, 5.41) is 7.71. The van der Waals surface area contributed by atoms with Crippen molar-refractivity contribution in [2.45, 2.75) is 13.5 Å². The molecular weight excluding hydrogens is 268 g/mol. The van der Waals surface area contributed by atoms with E-state index in [1.165, 1.54) is 26.9 Å². The molecule has 3 aromatic heterocycles. The Bertz CT molecular complexity index is 767. The van der Waals surface area contributed by atoms with Crippen molar-refractivity contribution >= 4 is 11.3 Å². The number of hydrogen-bond acceptors (Lipinski definition) is 7. The largest absolute Gasteiger partial charge is 0.345 e. The summed E-state index contributed by atoms with van der Waals surface area (Å²) < 4.78 is 7.83. The predicted octanol–water partition coefficient (Wildman–Crippen LogP) is 0.445. The van der Waals surface area contributed by atoms with Crippen LogP contribution in [0.2, 0.25) is 0 Å². The van der Waals surface area contributed by atoms with Gasteiger partial charge < -0.3 is 4.52 Å². The Labute approximate surface area is 111 Å². The van der Waals surface area contributed by atoms with Gasteiger partial charge in [0.25, 0.3) is 5.89 Å². The first-order valence-electron chi connectivity index (χ1n) is 5.46. The van der Waals surface area contributed by atoms with Gasteiger partial charge in [-0.2, -0.15) is 10.1 Å². The van der Waals surface area contributed by atoms with Crippen LogP contribution in [0.15, 0.2) is 21.2 Å². The summed E-state index contributed by atoms with van der Waals surface area (Å²) in [5.41, 5.74) is 2.35. The van der Waals surface area contributed by atoms with E-state index in [0.29, 0.717) is 11.7 Å². The molecule has 0 spiro atoms. The molecule has 0 fully saturated rings. The topological polar surface area (TPSA) is 91.6 Å². The van der Waals surface area contributed by atoms with Crippen LogP contribution >= 0.6 is 11.3 Å². The van der Waals surface area contributed by atoms with E-state index in [1.807, 2.05) is 6.92 Å². The van der Waals surface area contributed by atoms with Gasteiger partial charge in [-0.15, -0.1) is 11.3 Å². The number of thiazole rings is 1. The van der Waals surface area contributed by atoms with Gasteiger partial charge in [0.15, 0.2) is 5.82 Å². The lowest BCUT2D eigenvalue weighted by atomic mass is 10.4. The van der Waals surface area contributed by atoms with E-state index in [9.17, 15) is 4.79 Å². The first-order chi connectivity index (χ1) is 9.15. The van der Waals surface area contributed by atoms with Crippen LogP contribution in [0.5, 0.6) is 0 Å². The smallest absolute Gasteiger partial charge is 0.333 e. The van der Waals surface area contributed by atoms with Crippen LogP contribution in [-0.2, 0) is 13.6 Å². The minimum atomic E-state index is -0.222. The summed E-state index contributed by atoms with van der Waals surface area (Å²) in [6, 6.07) is 0. The van der Waals surface area contributed by atoms with Gasteiger partial charge in [0.1, 0.15) is 11.2 Å². The quantitative estimate of drug-likeness (QED) is 0.690. The number of hydrogen-bond donors (Lipinski definition) is 0. The van der Waals surface area contributed by atoms with Crippen LogP contribution in [0.1, 0.15) is 11.5 Å². The minimum Gasteiger partial charge on any atom is -0.333 e. The van der Waals surface area contributed by atoms with Gasteiger partial charge in [-0.1, -0.05) is 5.16 Å². The zero-order chi connectivity index (χ0) is 13.4. The van der Waals surface area contributed by atoms with E-state index in [4.69, 9.17) is 4.52 Å². The molecule has 0 aliphatic heterocycles. The molecule has 98 valence electrons. The van der Waals surface area contributed by atoms with Crippen molar-refractivity contribution in [1.29, 1.82) is 0 Å². The molecule has 0 N–H and O–H groups in total. The molecule has 0 saturated carbocycles. The molecule has 0 radical (unpaired) electrons. The van der Waals surface area contributed by atoms with Crippen molar-refractivity contribution in [1.82, 2.24) is 29.5 Å². The maximum Gasteiger partial charge on any atom is 0.345 e. The molecule has 0 atom stereocenters. The molecule has 3 heterocycles. The first-order valence-corrected chi connectivity index (χ1v) is 6.34. The van der Waals surface area contributed by atoms with E-state index in [1.54, 1.807) is 12.6 Å². The average molecular weight is 278 g/mol. The Kier molecular flexibility index (Phi) is 2.75. The van der Waals surface area contributed by atoms with Crippen molar-refractivity contribution in [3.8, 4) is 10.8 Å². The molecule has 0 bridgehead atoms. The fourth-order valence-corrected chi connectivity index (χ4v) is 2.33. The van der Waals surface area contributed by atoms with Crippen LogP contribution in [0.3, 0.4) is 0 Å². The van der Waals surface area contributed by atoms with Crippen LogP contribution in [-0.4, -0.2) is 29.5 Å². The van der Waals surface area contributed by atoms with Crippen molar-refractivity contribution in [2.24, 2.45) is 7.05 Å². The molecule has 0 aliphatic rings. The fraction of sp³-hybridized carbons (Fsp3) is 0.300. The summed E-state index contributed by atoms with van der Waals surface area (Å²) in [5.74, 6) is 0.852. The van der Waals surface area contributed by atoms with E-state index < -0.39 is 0 Å². The van der Waals surface area contributed by atoms with Gasteiger partial charge in [-0.05, 0) is 6.92 Å². The Morgan fingerprint density at radius 2 is 2.32 bits per heavy atom. The summed E-state index contributed by atoms with van der Waals surface area (Å²) >= 11 is 1.44. The number of nitrogens with zero attached hydrogens (tertiary/aromatic N) is 6. The van der Waals surface area contributed by atoms with Gasteiger partial charge in [-0.25, -0.2) is 14.5 Å². The zero-order valence-corrected chi connectivity index (χ0v) is 11.1. The van der Waals surface area contributed by atoms with Crippen LogP contribution < -0.4 is 5.69 Å². The Hall–Kier alpha value is -2.29. The van der Waals surface area contributed by atoms with Crippen LogP contribution in [0, 0.1) is 6.92 Å². The molecule has 0 amide bonds. The highest BCUT2D eigenvalue weighted by Crippen LogP contribution is 2.25. The molecule has 9 heteroatoms. The summed E-state index contributed by atoms with van der Waals surface area (Å²) in [6.45, 7) is 2.11. The molecule has 0 saturated heterocycles. The van der Waals surface area contributed by atoms with Crippen LogP contribution in [0.4, 0.5) is 0 Å². The summed E-state index contributed by atoms with van der Waals surface area (Å²) in [7, 11) is 1.58. The third-order valence-corrected chi connectivity index (χ3v) is 3.52. The van der Waals surface area contributed by atoms with Crippen molar-refractivity contribution < 1.29 is 4.52 Å². The third kappa shape index (κ3) is 2.08. The molecule has 19 heavy (non-hydrogen) atoms. The molecular formula is C10H10N6O2S. The maximum atomic E-state index is 11.6. The number of aryl methyl sites for hydroxylation is 2. The predicted molar refractivity (Wildman–Crippen MR) is 66.7 cm³/mol. The van der Waals surface area contributed by atoms with E-state index in [-0.39, 0.29) is 12.2 Å². The van der Waals surface area contributed by atoms with Gasteiger partial charge in [-0.3, -0.25) is 4.57 Å². The standard InChI is InChI=1S/C10H10N6O2S/c1-6-8(19-5-11-6)9-13-7(14-18-9)3-16-4-12-15(2)10(16)17/h4-5H,3H2,1-2H3. The second kappa shape index (κ2) is 4.43. The summed E-state index contributed by atoms with van der Waals surface area (Å²) in [4.78, 5) is 20.9. The second-order valence-corrected chi connectivity index (χ2v) is 4.80. The molecule has 0 aliphatic carbocycles. The van der Waals surface area contributed by atoms with E-state index in [2.05, 4.69) is 20.2 Å². The molecule has 3 rings (SSSR count). The van der Waals surface area contributed by atoms with E-state index >= 15 is 0 Å². The molecule has 8 nitrogen and oxygen atoms in total. The highest BCUT2D eigenvalue weighted by molar-refractivity contribution is 7.13. The van der Waals surface area contributed by atoms with Gasteiger partial charge in [0.05, 0.1) is 17.7 Å². The SMILES string of the molecule is Cc1ncsc1-c1nc(Cn2cnn(C)c2=O)no1. The Morgan fingerprint density at radius 1 is 1.47 bits per heavy atom. The maximum absolute atomic E-state index is 11.6. The lowest BCUT2D eigenvalue weighted by Crippen LogP contribution is -2.23. The molecule has 0 unspecified atom stereocenters. The number of rotatable bonds is 3. The highest BCUT2D eigenvalue weighted by Gasteiger charge is 2.14. The lowest BCUT2D eigenvalue weighted by molar-refractivity contribution is 0.420. The third-order valence-electron chi connectivity index (χ3n) is 2.61. The monoisotopic (exact) mass is 278 g/mol. The zero-order valence-electron chi connectivity index (χ0n) is 10.3. The van der Waals surface area contributed by atoms with E-state index in [0.717, 1.165) is 10.6 Å². The second-order valence-electron chi connectivity index (χ2n) is 3.95. The Balaban J connectivity index is 1.88. The van der Waals surface area contributed by atoms with Gasteiger partial charge in [0, 0.05) is 7.05 Å². The average Bonchev–Trinajstić information content (AvgIpc) is 3.07. The summed E-state index contributed by atoms with van der Waals surface area (Å²) in [6.07, 6.45) is 1.44. The minimum absolute atomic E-state index is 0.222. The normalized spacial score (nSPS) is 11.1. The van der Waals surface area contributed by atoms with Gasteiger partial charge >= 0.3 is 5.69 Å². The molecule has 0 aromatic carbocycles. The Morgan fingerprint density at radius 3 is 2.95 bits per heavy atom. The fourth-order valence-electron chi connectivity index (χ4n) is 1.60. The lowest BCUT2D eigenvalue weighted by Gasteiger charge is -1.92.